The van der Waals surface area contributed by atoms with E-state index in [1.54, 1.807) is 19.9 Å². The topological polar surface area (TPSA) is 80.0 Å². The van der Waals surface area contributed by atoms with Gasteiger partial charge < -0.3 is 5.11 Å². The van der Waals surface area contributed by atoms with Crippen LogP contribution in [-0.2, 0) is 15.9 Å². The number of rotatable bonds is 5. The molecule has 0 aliphatic heterocycles. The third kappa shape index (κ3) is 3.00. The third-order valence-corrected chi connectivity index (χ3v) is 6.04. The normalized spacial score (nSPS) is 20.7. The number of nitrogens with one attached hydrogen (secondary N) is 1. The summed E-state index contributed by atoms with van der Waals surface area (Å²) in [5.41, 5.74) is 1.14. The summed E-state index contributed by atoms with van der Waals surface area (Å²) in [4.78, 5) is 21.9. The number of hydrogen-bond acceptors (Lipinski definition) is 4. The molecule has 140 valence electrons. The maximum absolute atomic E-state index is 12.5. The molecule has 6 heteroatoms. The predicted molar refractivity (Wildman–Crippen MR) is 101 cm³/mol. The van der Waals surface area contributed by atoms with Gasteiger partial charge >= 0.3 is 0 Å². The van der Waals surface area contributed by atoms with Gasteiger partial charge in [-0.25, -0.2) is 9.97 Å². The number of fused-ring (bicyclic) bond motifs is 1. The number of pyridine rings is 1. The molecule has 0 unspecified atom stereocenters. The van der Waals surface area contributed by atoms with Crippen LogP contribution in [0.1, 0.15) is 71.9 Å². The monoisotopic (exact) mass is 356 g/mol. The van der Waals surface area contributed by atoms with Gasteiger partial charge in [-0.15, -0.1) is 0 Å². The molecule has 0 saturated heterocycles. The molecule has 2 N–H and O–H groups in total. The van der Waals surface area contributed by atoms with Crippen molar-refractivity contribution in [3.63, 3.8) is 0 Å². The Morgan fingerprint density at radius 2 is 1.92 bits per heavy atom. The van der Waals surface area contributed by atoms with Crippen molar-refractivity contribution >= 4 is 23.0 Å². The number of hydrogen-bond donors (Lipinski definition) is 2. The van der Waals surface area contributed by atoms with Crippen LogP contribution in [0.4, 0.5) is 5.95 Å². The quantitative estimate of drug-likeness (QED) is 0.856. The van der Waals surface area contributed by atoms with E-state index >= 15 is 0 Å². The SMILES string of the molecule is CC1(CC(=O)Nc2nc3ccc(C(C)(C)O)nc3n2C2(C)CCC2)CC1. The van der Waals surface area contributed by atoms with E-state index < -0.39 is 5.60 Å². The first-order valence-electron chi connectivity index (χ1n) is 9.52. The van der Waals surface area contributed by atoms with Crippen molar-refractivity contribution in [2.45, 2.75) is 77.4 Å². The first-order valence-corrected chi connectivity index (χ1v) is 9.52. The fourth-order valence-electron chi connectivity index (χ4n) is 3.75. The highest BCUT2D eigenvalue weighted by atomic mass is 16.3. The van der Waals surface area contributed by atoms with Gasteiger partial charge in [0.2, 0.25) is 11.9 Å². The number of amides is 1. The smallest absolute Gasteiger partial charge is 0.227 e. The van der Waals surface area contributed by atoms with Gasteiger partial charge in [0.15, 0.2) is 5.65 Å². The zero-order valence-corrected chi connectivity index (χ0v) is 16.1. The first-order chi connectivity index (χ1) is 12.1. The highest BCUT2D eigenvalue weighted by Crippen LogP contribution is 2.48. The lowest BCUT2D eigenvalue weighted by atomic mass is 9.78. The molecule has 26 heavy (non-hydrogen) atoms. The maximum Gasteiger partial charge on any atom is 0.227 e. The summed E-state index contributed by atoms with van der Waals surface area (Å²) in [6.45, 7) is 7.80. The summed E-state index contributed by atoms with van der Waals surface area (Å²) >= 11 is 0. The molecule has 0 bridgehead atoms. The minimum atomic E-state index is -1.02. The van der Waals surface area contributed by atoms with Gasteiger partial charge in [0.1, 0.15) is 11.1 Å². The average Bonchev–Trinajstić information content (AvgIpc) is 3.11. The summed E-state index contributed by atoms with van der Waals surface area (Å²) in [7, 11) is 0. The summed E-state index contributed by atoms with van der Waals surface area (Å²) < 4.78 is 2.08. The van der Waals surface area contributed by atoms with Gasteiger partial charge in [-0.1, -0.05) is 6.92 Å². The Hall–Kier alpha value is -1.95. The molecule has 2 aromatic rings. The molecule has 2 heterocycles. The van der Waals surface area contributed by atoms with E-state index in [9.17, 15) is 9.90 Å². The minimum Gasteiger partial charge on any atom is -0.384 e. The van der Waals surface area contributed by atoms with Crippen molar-refractivity contribution in [2.75, 3.05) is 5.32 Å². The molecular formula is C20H28N4O2. The summed E-state index contributed by atoms with van der Waals surface area (Å²) in [6, 6.07) is 3.69. The molecule has 2 aromatic heterocycles. The second kappa shape index (κ2) is 5.52. The van der Waals surface area contributed by atoms with Crippen LogP contribution >= 0.6 is 0 Å². The van der Waals surface area contributed by atoms with Crippen molar-refractivity contribution < 1.29 is 9.90 Å². The lowest BCUT2D eigenvalue weighted by molar-refractivity contribution is -0.117. The summed E-state index contributed by atoms with van der Waals surface area (Å²) in [5, 5.41) is 13.4. The Morgan fingerprint density at radius 1 is 1.23 bits per heavy atom. The predicted octanol–water partition coefficient (Wildman–Crippen LogP) is 3.69. The van der Waals surface area contributed by atoms with Crippen LogP contribution < -0.4 is 5.32 Å². The Labute approximate surface area is 154 Å². The Morgan fingerprint density at radius 3 is 2.46 bits per heavy atom. The number of nitrogens with zero attached hydrogens (tertiary/aromatic N) is 3. The van der Waals surface area contributed by atoms with Crippen molar-refractivity contribution in [1.29, 1.82) is 0 Å². The third-order valence-electron chi connectivity index (χ3n) is 6.04. The van der Waals surface area contributed by atoms with Gasteiger partial charge in [-0.05, 0) is 70.4 Å². The molecule has 0 atom stereocenters. The number of aliphatic hydroxyl groups is 1. The standard InChI is InChI=1S/C20H28N4O2/c1-18(2,26)14-7-6-13-16(22-14)24(20(4)8-5-9-20)17(21-13)23-15(25)12-19(3)10-11-19/h6-7,26H,5,8-12H2,1-4H3,(H,21,23,25). The number of carbonyl (C=O) groups excluding carboxylic acids is 1. The van der Waals surface area contributed by atoms with Crippen LogP contribution in [0.2, 0.25) is 0 Å². The van der Waals surface area contributed by atoms with E-state index in [0.29, 0.717) is 18.1 Å². The zero-order chi connectivity index (χ0) is 18.7. The van der Waals surface area contributed by atoms with Gasteiger partial charge in [-0.2, -0.15) is 0 Å². The molecule has 0 radical (unpaired) electrons. The maximum atomic E-state index is 12.5. The molecule has 2 saturated carbocycles. The van der Waals surface area contributed by atoms with E-state index in [1.807, 2.05) is 6.07 Å². The lowest BCUT2D eigenvalue weighted by Gasteiger charge is -2.40. The molecule has 2 aliphatic carbocycles. The average molecular weight is 356 g/mol. The Bertz CT molecular complexity index is 870. The largest absolute Gasteiger partial charge is 0.384 e. The Kier molecular flexibility index (Phi) is 3.71. The minimum absolute atomic E-state index is 0.0205. The Balaban J connectivity index is 1.76. The van der Waals surface area contributed by atoms with E-state index in [2.05, 4.69) is 28.7 Å². The zero-order valence-electron chi connectivity index (χ0n) is 16.1. The van der Waals surface area contributed by atoms with Crippen LogP contribution in [0.5, 0.6) is 0 Å². The van der Waals surface area contributed by atoms with Crippen molar-refractivity contribution in [1.82, 2.24) is 14.5 Å². The van der Waals surface area contributed by atoms with Gasteiger partial charge in [0.25, 0.3) is 0 Å². The molecule has 0 aromatic carbocycles. The van der Waals surface area contributed by atoms with E-state index in [4.69, 9.17) is 4.98 Å². The fourth-order valence-corrected chi connectivity index (χ4v) is 3.75. The molecule has 1 amide bonds. The van der Waals surface area contributed by atoms with Crippen LogP contribution in [-0.4, -0.2) is 25.5 Å². The van der Waals surface area contributed by atoms with Crippen LogP contribution in [0.15, 0.2) is 12.1 Å². The second-order valence-electron chi connectivity index (χ2n) is 9.26. The molecular weight excluding hydrogens is 328 g/mol. The van der Waals surface area contributed by atoms with Crippen molar-refractivity contribution in [2.24, 2.45) is 5.41 Å². The number of anilines is 1. The molecule has 2 fully saturated rings. The second-order valence-corrected chi connectivity index (χ2v) is 9.26. The summed E-state index contributed by atoms with van der Waals surface area (Å²) in [6.07, 6.45) is 6.00. The number of carbonyl (C=O) groups is 1. The number of imidazole rings is 1. The van der Waals surface area contributed by atoms with Crippen LogP contribution in [0.3, 0.4) is 0 Å². The van der Waals surface area contributed by atoms with Gasteiger partial charge in [0, 0.05) is 12.0 Å². The van der Waals surface area contributed by atoms with E-state index in [1.165, 1.54) is 0 Å². The van der Waals surface area contributed by atoms with E-state index in [-0.39, 0.29) is 16.9 Å². The van der Waals surface area contributed by atoms with Crippen molar-refractivity contribution in [3.05, 3.63) is 17.8 Å². The lowest BCUT2D eigenvalue weighted by Crippen LogP contribution is -2.38. The van der Waals surface area contributed by atoms with Crippen molar-refractivity contribution in [3.8, 4) is 0 Å². The molecule has 0 spiro atoms. The van der Waals surface area contributed by atoms with E-state index in [0.717, 1.165) is 43.3 Å². The first kappa shape index (κ1) is 17.5. The van der Waals surface area contributed by atoms with Crippen LogP contribution in [0, 0.1) is 5.41 Å². The highest BCUT2D eigenvalue weighted by molar-refractivity contribution is 5.91. The van der Waals surface area contributed by atoms with Gasteiger partial charge in [-0.3, -0.25) is 14.7 Å². The van der Waals surface area contributed by atoms with Gasteiger partial charge in [0.05, 0.1) is 5.69 Å². The molecule has 6 nitrogen and oxygen atoms in total. The highest BCUT2D eigenvalue weighted by Gasteiger charge is 2.41. The summed E-state index contributed by atoms with van der Waals surface area (Å²) in [5.74, 6) is 0.601. The number of aromatic nitrogens is 3. The molecule has 4 rings (SSSR count). The fraction of sp³-hybridized carbons (Fsp3) is 0.650. The molecule has 2 aliphatic rings. The van der Waals surface area contributed by atoms with Crippen LogP contribution in [0.25, 0.3) is 11.2 Å².